The van der Waals surface area contributed by atoms with Crippen molar-refractivity contribution < 1.29 is 4.74 Å². The monoisotopic (exact) mass is 407 g/mol. The lowest BCUT2D eigenvalue weighted by atomic mass is 10.2. The van der Waals surface area contributed by atoms with E-state index in [4.69, 9.17) is 16.3 Å². The third-order valence-corrected chi connectivity index (χ3v) is 4.28. The summed E-state index contributed by atoms with van der Waals surface area (Å²) in [6, 6.07) is 13.5. The average molecular weight is 409 g/mol. The number of rotatable bonds is 6. The molecule has 1 aromatic heterocycles. The van der Waals surface area contributed by atoms with Crippen LogP contribution in [0.5, 0.6) is 5.75 Å². The summed E-state index contributed by atoms with van der Waals surface area (Å²) in [5.41, 5.74) is 1.93. The fourth-order valence-corrected chi connectivity index (χ4v) is 2.75. The average Bonchev–Trinajstić information content (AvgIpc) is 2.98. The van der Waals surface area contributed by atoms with E-state index in [1.807, 2.05) is 42.5 Å². The van der Waals surface area contributed by atoms with Gasteiger partial charge in [0.2, 0.25) is 5.95 Å². The topological polar surface area (TPSA) is 64.9 Å². The van der Waals surface area contributed by atoms with Gasteiger partial charge in [-0.05, 0) is 34.7 Å². The van der Waals surface area contributed by atoms with Crippen molar-refractivity contribution in [1.29, 1.82) is 0 Å². The summed E-state index contributed by atoms with van der Waals surface area (Å²) in [4.78, 5) is 0. The SMILES string of the molecule is Cn1nnnc1NCc1cc(Br)ccc1OCc1ccccc1Cl. The lowest BCUT2D eigenvalue weighted by Gasteiger charge is -2.13. The number of ether oxygens (including phenoxy) is 1. The maximum atomic E-state index is 6.18. The predicted molar refractivity (Wildman–Crippen MR) is 96.1 cm³/mol. The number of nitrogens with zero attached hydrogens (tertiary/aromatic N) is 4. The molecule has 1 N–H and O–H groups in total. The molecule has 1 heterocycles. The van der Waals surface area contributed by atoms with Crippen LogP contribution in [0.25, 0.3) is 0 Å². The zero-order valence-electron chi connectivity index (χ0n) is 12.9. The van der Waals surface area contributed by atoms with Gasteiger partial charge >= 0.3 is 0 Å². The van der Waals surface area contributed by atoms with Gasteiger partial charge in [0.15, 0.2) is 0 Å². The highest BCUT2D eigenvalue weighted by molar-refractivity contribution is 9.10. The minimum absolute atomic E-state index is 0.403. The van der Waals surface area contributed by atoms with Gasteiger partial charge < -0.3 is 10.1 Å². The third kappa shape index (κ3) is 4.04. The van der Waals surface area contributed by atoms with E-state index in [1.165, 1.54) is 0 Å². The highest BCUT2D eigenvalue weighted by Crippen LogP contribution is 2.26. The molecule has 0 unspecified atom stereocenters. The van der Waals surface area contributed by atoms with Gasteiger partial charge in [-0.15, -0.1) is 0 Å². The first kappa shape index (κ1) is 16.7. The number of tetrazole rings is 1. The Kier molecular flexibility index (Phi) is 5.32. The van der Waals surface area contributed by atoms with Crippen LogP contribution >= 0.6 is 27.5 Å². The molecule has 0 atom stereocenters. The maximum Gasteiger partial charge on any atom is 0.242 e. The Morgan fingerprint density at radius 1 is 1.21 bits per heavy atom. The second-order valence-electron chi connectivity index (χ2n) is 5.11. The molecule has 0 saturated carbocycles. The number of anilines is 1. The quantitative estimate of drug-likeness (QED) is 0.672. The Bertz CT molecular complexity index is 839. The van der Waals surface area contributed by atoms with Crippen molar-refractivity contribution in [1.82, 2.24) is 20.2 Å². The summed E-state index contributed by atoms with van der Waals surface area (Å²) in [7, 11) is 1.78. The molecule has 0 fully saturated rings. The number of halogens is 2. The summed E-state index contributed by atoms with van der Waals surface area (Å²) in [5.74, 6) is 1.37. The number of benzene rings is 2. The second kappa shape index (κ2) is 7.63. The summed E-state index contributed by atoms with van der Waals surface area (Å²) < 4.78 is 8.50. The molecule has 24 heavy (non-hydrogen) atoms. The first-order chi connectivity index (χ1) is 11.6. The van der Waals surface area contributed by atoms with Crippen LogP contribution in [0.3, 0.4) is 0 Å². The van der Waals surface area contributed by atoms with E-state index in [0.717, 1.165) is 21.3 Å². The van der Waals surface area contributed by atoms with Crippen LogP contribution in [0.2, 0.25) is 5.02 Å². The number of hydrogen-bond acceptors (Lipinski definition) is 5. The predicted octanol–water partition coefficient (Wildman–Crippen LogP) is 3.82. The molecule has 124 valence electrons. The summed E-state index contributed by atoms with van der Waals surface area (Å²) in [6.45, 7) is 0.936. The van der Waals surface area contributed by atoms with Gasteiger partial charge in [0.05, 0.1) is 0 Å². The molecule has 0 bridgehead atoms. The van der Waals surface area contributed by atoms with E-state index in [9.17, 15) is 0 Å². The fraction of sp³-hybridized carbons (Fsp3) is 0.188. The molecule has 3 rings (SSSR count). The largest absolute Gasteiger partial charge is 0.488 e. The van der Waals surface area contributed by atoms with Gasteiger partial charge in [-0.1, -0.05) is 50.8 Å². The molecule has 0 amide bonds. The molecule has 2 aromatic carbocycles. The van der Waals surface area contributed by atoms with Crippen molar-refractivity contribution >= 4 is 33.5 Å². The van der Waals surface area contributed by atoms with Gasteiger partial charge in [-0.25, -0.2) is 4.68 Å². The Hall–Kier alpha value is -2.12. The van der Waals surface area contributed by atoms with Crippen molar-refractivity contribution in [3.8, 4) is 5.75 Å². The van der Waals surface area contributed by atoms with E-state index < -0.39 is 0 Å². The number of nitrogens with one attached hydrogen (secondary N) is 1. The van der Waals surface area contributed by atoms with Crippen LogP contribution in [0.15, 0.2) is 46.9 Å². The maximum absolute atomic E-state index is 6.18. The summed E-state index contributed by atoms with van der Waals surface area (Å²) >= 11 is 9.66. The standard InChI is InChI=1S/C16H15BrClN5O/c1-23-16(20-21-22-23)19-9-12-8-13(17)6-7-15(12)24-10-11-4-2-3-5-14(11)18/h2-8H,9-10H2,1H3,(H,19,20,22). The normalized spacial score (nSPS) is 10.6. The minimum atomic E-state index is 0.403. The Morgan fingerprint density at radius 2 is 2.04 bits per heavy atom. The summed E-state index contributed by atoms with van der Waals surface area (Å²) in [5, 5.41) is 15.2. The molecule has 0 saturated heterocycles. The second-order valence-corrected chi connectivity index (χ2v) is 6.43. The zero-order valence-corrected chi connectivity index (χ0v) is 15.3. The summed E-state index contributed by atoms with van der Waals surface area (Å²) in [6.07, 6.45) is 0. The molecule has 3 aromatic rings. The van der Waals surface area contributed by atoms with Crippen molar-refractivity contribution in [3.63, 3.8) is 0 Å². The highest BCUT2D eigenvalue weighted by Gasteiger charge is 2.08. The van der Waals surface area contributed by atoms with Crippen molar-refractivity contribution in [3.05, 3.63) is 63.1 Å². The first-order valence-electron chi connectivity index (χ1n) is 7.24. The van der Waals surface area contributed by atoms with E-state index in [1.54, 1.807) is 11.7 Å². The van der Waals surface area contributed by atoms with Crippen LogP contribution in [0, 0.1) is 0 Å². The van der Waals surface area contributed by atoms with Crippen LogP contribution < -0.4 is 10.1 Å². The van der Waals surface area contributed by atoms with Crippen molar-refractivity contribution in [2.45, 2.75) is 13.2 Å². The zero-order chi connectivity index (χ0) is 16.9. The molecule has 0 aliphatic rings. The highest BCUT2D eigenvalue weighted by atomic mass is 79.9. The Labute approximate surface area is 152 Å². The molecular weight excluding hydrogens is 394 g/mol. The van der Waals surface area contributed by atoms with Crippen LogP contribution in [0.4, 0.5) is 5.95 Å². The van der Waals surface area contributed by atoms with Gasteiger partial charge in [0.25, 0.3) is 0 Å². The fourth-order valence-electron chi connectivity index (χ4n) is 2.15. The van der Waals surface area contributed by atoms with Gasteiger partial charge in [-0.2, -0.15) is 0 Å². The smallest absolute Gasteiger partial charge is 0.242 e. The molecule has 0 spiro atoms. The van der Waals surface area contributed by atoms with Gasteiger partial charge in [0.1, 0.15) is 12.4 Å². The molecule has 8 heteroatoms. The van der Waals surface area contributed by atoms with E-state index >= 15 is 0 Å². The first-order valence-corrected chi connectivity index (χ1v) is 8.41. The van der Waals surface area contributed by atoms with Crippen LogP contribution in [0.1, 0.15) is 11.1 Å². The molecule has 0 radical (unpaired) electrons. The number of aryl methyl sites for hydroxylation is 1. The number of hydrogen-bond donors (Lipinski definition) is 1. The van der Waals surface area contributed by atoms with E-state index in [-0.39, 0.29) is 0 Å². The molecule has 0 aliphatic heterocycles. The number of aromatic nitrogens is 4. The third-order valence-electron chi connectivity index (χ3n) is 3.42. The lowest BCUT2D eigenvalue weighted by molar-refractivity contribution is 0.303. The molecular formula is C16H15BrClN5O. The Balaban J connectivity index is 1.73. The van der Waals surface area contributed by atoms with Crippen molar-refractivity contribution in [2.24, 2.45) is 7.05 Å². The van der Waals surface area contributed by atoms with Crippen molar-refractivity contribution in [2.75, 3.05) is 5.32 Å². The van der Waals surface area contributed by atoms with Crippen LogP contribution in [-0.2, 0) is 20.2 Å². The van der Waals surface area contributed by atoms with E-state index in [0.29, 0.717) is 24.1 Å². The van der Waals surface area contributed by atoms with Crippen LogP contribution in [-0.4, -0.2) is 20.2 Å². The van der Waals surface area contributed by atoms with Gasteiger partial charge in [-0.3, -0.25) is 0 Å². The Morgan fingerprint density at radius 3 is 2.79 bits per heavy atom. The lowest BCUT2D eigenvalue weighted by Crippen LogP contribution is -2.07. The van der Waals surface area contributed by atoms with E-state index in [2.05, 4.69) is 36.8 Å². The molecule has 0 aliphatic carbocycles. The molecule has 6 nitrogen and oxygen atoms in total. The minimum Gasteiger partial charge on any atom is -0.488 e. The van der Waals surface area contributed by atoms with Gasteiger partial charge in [0, 0.05) is 34.2 Å².